The first-order valence-corrected chi connectivity index (χ1v) is 5.33. The molecule has 1 aliphatic carbocycles. The van der Waals surface area contributed by atoms with Crippen LogP contribution in [0.25, 0.3) is 0 Å². The summed E-state index contributed by atoms with van der Waals surface area (Å²) < 4.78 is 12.7. The van der Waals surface area contributed by atoms with Crippen LogP contribution in [0, 0.1) is 11.9 Å². The summed E-state index contributed by atoms with van der Waals surface area (Å²) in [5.74, 6) is -0.117. The van der Waals surface area contributed by atoms with Crippen LogP contribution in [0.2, 0.25) is 0 Å². The number of halogens is 1. The molecule has 1 aromatic rings. The lowest BCUT2D eigenvalue weighted by Crippen LogP contribution is -2.15. The zero-order valence-corrected chi connectivity index (χ0v) is 8.82. The SMILES string of the molecule is O=C(CC1C=CCC1)Nc1cccc(F)n1. The summed E-state index contributed by atoms with van der Waals surface area (Å²) in [6, 6.07) is 4.34. The van der Waals surface area contributed by atoms with Crippen molar-refractivity contribution in [2.45, 2.75) is 19.3 Å². The van der Waals surface area contributed by atoms with Crippen LogP contribution in [0.1, 0.15) is 19.3 Å². The number of amides is 1. The van der Waals surface area contributed by atoms with E-state index >= 15 is 0 Å². The molecule has 0 bridgehead atoms. The number of carbonyl (C=O) groups excluding carboxylic acids is 1. The van der Waals surface area contributed by atoms with Gasteiger partial charge in [-0.15, -0.1) is 0 Å². The Morgan fingerprint density at radius 1 is 1.56 bits per heavy atom. The predicted molar refractivity (Wildman–Crippen MR) is 59.3 cm³/mol. The normalized spacial score (nSPS) is 18.7. The molecule has 1 N–H and O–H groups in total. The zero-order valence-electron chi connectivity index (χ0n) is 8.82. The lowest BCUT2D eigenvalue weighted by molar-refractivity contribution is -0.116. The minimum Gasteiger partial charge on any atom is -0.311 e. The molecule has 0 aliphatic heterocycles. The van der Waals surface area contributed by atoms with Gasteiger partial charge in [-0.1, -0.05) is 18.2 Å². The van der Waals surface area contributed by atoms with Crippen LogP contribution in [0.15, 0.2) is 30.4 Å². The van der Waals surface area contributed by atoms with E-state index in [0.717, 1.165) is 12.8 Å². The van der Waals surface area contributed by atoms with Crippen molar-refractivity contribution in [3.63, 3.8) is 0 Å². The van der Waals surface area contributed by atoms with Crippen molar-refractivity contribution in [1.29, 1.82) is 0 Å². The van der Waals surface area contributed by atoms with Gasteiger partial charge in [-0.05, 0) is 30.9 Å². The van der Waals surface area contributed by atoms with Gasteiger partial charge in [-0.25, -0.2) is 4.98 Å². The maximum Gasteiger partial charge on any atom is 0.226 e. The smallest absolute Gasteiger partial charge is 0.226 e. The van der Waals surface area contributed by atoms with Crippen molar-refractivity contribution in [2.24, 2.45) is 5.92 Å². The number of hydrogen-bond acceptors (Lipinski definition) is 2. The average Bonchev–Trinajstić information content (AvgIpc) is 2.70. The quantitative estimate of drug-likeness (QED) is 0.628. The second kappa shape index (κ2) is 4.88. The van der Waals surface area contributed by atoms with Gasteiger partial charge in [0.1, 0.15) is 5.82 Å². The number of nitrogens with one attached hydrogen (secondary N) is 1. The van der Waals surface area contributed by atoms with Gasteiger partial charge in [0.2, 0.25) is 11.9 Å². The second-order valence-corrected chi connectivity index (χ2v) is 3.86. The summed E-state index contributed by atoms with van der Waals surface area (Å²) >= 11 is 0. The van der Waals surface area contributed by atoms with E-state index in [0.29, 0.717) is 12.3 Å². The third-order valence-electron chi connectivity index (χ3n) is 2.54. The van der Waals surface area contributed by atoms with Crippen LogP contribution < -0.4 is 5.32 Å². The van der Waals surface area contributed by atoms with Gasteiger partial charge in [-0.3, -0.25) is 4.79 Å². The lowest BCUT2D eigenvalue weighted by Gasteiger charge is -2.07. The third kappa shape index (κ3) is 2.89. The first-order valence-electron chi connectivity index (χ1n) is 5.33. The number of aromatic nitrogens is 1. The molecule has 3 nitrogen and oxygen atoms in total. The lowest BCUT2D eigenvalue weighted by atomic mass is 10.1. The topological polar surface area (TPSA) is 42.0 Å². The van der Waals surface area contributed by atoms with Crippen LogP contribution in [-0.2, 0) is 4.79 Å². The van der Waals surface area contributed by atoms with Gasteiger partial charge in [0.25, 0.3) is 0 Å². The number of anilines is 1. The Hall–Kier alpha value is -1.71. The molecule has 1 amide bonds. The van der Waals surface area contributed by atoms with E-state index in [1.807, 2.05) is 0 Å². The first kappa shape index (κ1) is 10.8. The van der Waals surface area contributed by atoms with E-state index < -0.39 is 5.95 Å². The predicted octanol–water partition coefficient (Wildman–Crippen LogP) is 2.52. The maximum absolute atomic E-state index is 12.7. The molecular formula is C12H13FN2O. The minimum absolute atomic E-state index is 0.116. The highest BCUT2D eigenvalue weighted by Gasteiger charge is 2.14. The summed E-state index contributed by atoms with van der Waals surface area (Å²) in [6.07, 6.45) is 6.63. The zero-order chi connectivity index (χ0) is 11.4. The number of allylic oxidation sites excluding steroid dienone is 2. The monoisotopic (exact) mass is 220 g/mol. The average molecular weight is 220 g/mol. The Kier molecular flexibility index (Phi) is 3.29. The van der Waals surface area contributed by atoms with Crippen molar-refractivity contribution in [1.82, 2.24) is 4.98 Å². The molecule has 84 valence electrons. The molecule has 0 saturated carbocycles. The van der Waals surface area contributed by atoms with Crippen LogP contribution in [0.5, 0.6) is 0 Å². The highest BCUT2D eigenvalue weighted by molar-refractivity contribution is 5.90. The molecular weight excluding hydrogens is 207 g/mol. The van der Waals surface area contributed by atoms with Crippen LogP contribution in [0.4, 0.5) is 10.2 Å². The van der Waals surface area contributed by atoms with E-state index in [1.54, 1.807) is 6.07 Å². The molecule has 4 heteroatoms. The summed E-state index contributed by atoms with van der Waals surface area (Å²) in [5, 5.41) is 2.59. The number of pyridine rings is 1. The van der Waals surface area contributed by atoms with Crippen LogP contribution in [-0.4, -0.2) is 10.9 Å². The van der Waals surface area contributed by atoms with E-state index in [-0.39, 0.29) is 11.7 Å². The van der Waals surface area contributed by atoms with E-state index in [2.05, 4.69) is 22.5 Å². The molecule has 1 unspecified atom stereocenters. The van der Waals surface area contributed by atoms with E-state index in [9.17, 15) is 9.18 Å². The molecule has 1 aliphatic rings. The Bertz CT molecular complexity index is 417. The van der Waals surface area contributed by atoms with Crippen LogP contribution >= 0.6 is 0 Å². The molecule has 0 radical (unpaired) electrons. The van der Waals surface area contributed by atoms with Crippen LogP contribution in [0.3, 0.4) is 0 Å². The largest absolute Gasteiger partial charge is 0.311 e. The minimum atomic E-state index is -0.585. The molecule has 1 heterocycles. The van der Waals surface area contributed by atoms with Crippen molar-refractivity contribution in [2.75, 3.05) is 5.32 Å². The summed E-state index contributed by atoms with van der Waals surface area (Å²) in [4.78, 5) is 15.1. The third-order valence-corrected chi connectivity index (χ3v) is 2.54. The Morgan fingerprint density at radius 3 is 3.12 bits per heavy atom. The van der Waals surface area contributed by atoms with Gasteiger partial charge < -0.3 is 5.32 Å². The van der Waals surface area contributed by atoms with Gasteiger partial charge in [0, 0.05) is 6.42 Å². The highest BCUT2D eigenvalue weighted by atomic mass is 19.1. The Balaban J connectivity index is 1.89. The highest BCUT2D eigenvalue weighted by Crippen LogP contribution is 2.20. The van der Waals surface area contributed by atoms with Gasteiger partial charge in [0.05, 0.1) is 0 Å². The Morgan fingerprint density at radius 2 is 2.44 bits per heavy atom. The van der Waals surface area contributed by atoms with Crippen molar-refractivity contribution >= 4 is 11.7 Å². The number of carbonyl (C=O) groups is 1. The molecule has 0 aromatic carbocycles. The van der Waals surface area contributed by atoms with Gasteiger partial charge >= 0.3 is 0 Å². The Labute approximate surface area is 93.4 Å². The summed E-state index contributed by atoms with van der Waals surface area (Å²) in [6.45, 7) is 0. The number of rotatable bonds is 3. The first-order chi connectivity index (χ1) is 7.74. The molecule has 16 heavy (non-hydrogen) atoms. The fraction of sp³-hybridized carbons (Fsp3) is 0.333. The fourth-order valence-corrected chi connectivity index (χ4v) is 1.78. The van der Waals surface area contributed by atoms with Gasteiger partial charge in [0.15, 0.2) is 0 Å². The second-order valence-electron chi connectivity index (χ2n) is 3.86. The standard InChI is InChI=1S/C12H13FN2O/c13-10-6-3-7-11(14-10)15-12(16)8-9-4-1-2-5-9/h1,3-4,6-7,9H,2,5,8H2,(H,14,15,16). The molecule has 0 fully saturated rings. The number of hydrogen-bond donors (Lipinski definition) is 1. The number of nitrogens with zero attached hydrogens (tertiary/aromatic N) is 1. The van der Waals surface area contributed by atoms with Crippen molar-refractivity contribution in [3.05, 3.63) is 36.3 Å². The summed E-state index contributed by atoms with van der Waals surface area (Å²) in [7, 11) is 0. The molecule has 0 saturated heterocycles. The molecule has 1 aromatic heterocycles. The van der Waals surface area contributed by atoms with E-state index in [1.165, 1.54) is 12.1 Å². The molecule has 0 spiro atoms. The molecule has 2 rings (SSSR count). The van der Waals surface area contributed by atoms with E-state index in [4.69, 9.17) is 0 Å². The molecule has 1 atom stereocenters. The fourth-order valence-electron chi connectivity index (χ4n) is 1.78. The summed E-state index contributed by atoms with van der Waals surface area (Å²) in [5.41, 5.74) is 0. The van der Waals surface area contributed by atoms with Crippen molar-refractivity contribution < 1.29 is 9.18 Å². The van der Waals surface area contributed by atoms with Crippen molar-refractivity contribution in [3.8, 4) is 0 Å². The van der Waals surface area contributed by atoms with Gasteiger partial charge in [-0.2, -0.15) is 4.39 Å². The maximum atomic E-state index is 12.7.